The zero-order valence-corrected chi connectivity index (χ0v) is 10.2. The number of carbonyl (C=O) groups excluding carboxylic acids is 1. The molecule has 0 saturated heterocycles. The molecule has 0 saturated carbocycles. The number of hydrogen-bond acceptors (Lipinski definition) is 4. The van der Waals surface area contributed by atoms with E-state index in [1.165, 1.54) is 18.7 Å². The molecule has 96 valence electrons. The van der Waals surface area contributed by atoms with E-state index < -0.39 is 6.10 Å². The van der Waals surface area contributed by atoms with Crippen LogP contribution < -0.4 is 5.32 Å². The van der Waals surface area contributed by atoms with Gasteiger partial charge in [-0.15, -0.1) is 0 Å². The summed E-state index contributed by atoms with van der Waals surface area (Å²) in [5.41, 5.74) is 2.43. The largest absolute Gasteiger partial charge is 0.390 e. The topological polar surface area (TPSA) is 75.1 Å². The van der Waals surface area contributed by atoms with Crippen molar-refractivity contribution in [1.29, 1.82) is 0 Å². The van der Waals surface area contributed by atoms with Crippen LogP contribution in [0.25, 0.3) is 0 Å². The molecule has 5 heteroatoms. The van der Waals surface area contributed by atoms with Crippen LogP contribution in [-0.4, -0.2) is 27.1 Å². The Morgan fingerprint density at radius 3 is 2.79 bits per heavy atom. The first-order valence-corrected chi connectivity index (χ1v) is 6.07. The average Bonchev–Trinajstić information content (AvgIpc) is 2.76. The minimum Gasteiger partial charge on any atom is -0.390 e. The van der Waals surface area contributed by atoms with Crippen molar-refractivity contribution in [3.05, 3.63) is 59.7 Å². The summed E-state index contributed by atoms with van der Waals surface area (Å²) in [6.07, 6.45) is 4.25. The van der Waals surface area contributed by atoms with Gasteiger partial charge in [0.25, 0.3) is 5.91 Å². The molecule has 1 amide bonds. The summed E-state index contributed by atoms with van der Waals surface area (Å²) in [5, 5.41) is 12.9. The van der Waals surface area contributed by atoms with Crippen molar-refractivity contribution in [2.24, 2.45) is 0 Å². The molecule has 3 rings (SSSR count). The molecule has 2 N–H and O–H groups in total. The third-order valence-corrected chi connectivity index (χ3v) is 3.31. The van der Waals surface area contributed by atoms with Crippen molar-refractivity contribution in [2.75, 3.05) is 0 Å². The van der Waals surface area contributed by atoms with Crippen LogP contribution >= 0.6 is 0 Å². The maximum Gasteiger partial charge on any atom is 0.254 e. The Balaban J connectivity index is 1.82. The smallest absolute Gasteiger partial charge is 0.254 e. The highest BCUT2D eigenvalue weighted by Gasteiger charge is 2.32. The minimum atomic E-state index is -0.592. The van der Waals surface area contributed by atoms with Gasteiger partial charge in [-0.1, -0.05) is 24.3 Å². The fourth-order valence-corrected chi connectivity index (χ4v) is 2.39. The summed E-state index contributed by atoms with van der Waals surface area (Å²) in [6.45, 7) is 0. The normalized spacial score (nSPS) is 20.9. The minimum absolute atomic E-state index is 0.277. The number of amides is 1. The number of nitrogens with zero attached hydrogens (tertiary/aromatic N) is 2. The number of fused-ring (bicyclic) bond motifs is 1. The fourth-order valence-electron chi connectivity index (χ4n) is 2.39. The molecule has 1 heterocycles. The van der Waals surface area contributed by atoms with E-state index in [1.807, 2.05) is 24.3 Å². The second kappa shape index (κ2) is 4.78. The summed E-state index contributed by atoms with van der Waals surface area (Å²) in [7, 11) is 0. The molecule has 0 fully saturated rings. The van der Waals surface area contributed by atoms with E-state index in [0.29, 0.717) is 12.0 Å². The summed E-state index contributed by atoms with van der Waals surface area (Å²) in [6, 6.07) is 7.36. The first-order valence-electron chi connectivity index (χ1n) is 6.07. The molecule has 0 bridgehead atoms. The molecule has 1 aliphatic rings. The number of aromatic nitrogens is 2. The standard InChI is InChI=1S/C14H13N3O2/c18-12-5-9-3-1-2-4-11(9)13(12)17-14(19)10-6-15-8-16-7-10/h1-4,6-8,12-13,18H,5H2,(H,17,19)/t12-,13+/m1/s1. The molecule has 19 heavy (non-hydrogen) atoms. The highest BCUT2D eigenvalue weighted by Crippen LogP contribution is 2.31. The van der Waals surface area contributed by atoms with Crippen LogP contribution in [0.5, 0.6) is 0 Å². The van der Waals surface area contributed by atoms with Gasteiger partial charge < -0.3 is 10.4 Å². The SMILES string of the molecule is O=C(N[C@H]1c2ccccc2C[C@H]1O)c1cncnc1. The third-order valence-electron chi connectivity index (χ3n) is 3.31. The van der Waals surface area contributed by atoms with Gasteiger partial charge in [-0.05, 0) is 11.1 Å². The average molecular weight is 255 g/mol. The van der Waals surface area contributed by atoms with E-state index in [2.05, 4.69) is 15.3 Å². The molecule has 1 aromatic heterocycles. The number of aliphatic hydroxyl groups excluding tert-OH is 1. The van der Waals surface area contributed by atoms with Crippen molar-refractivity contribution in [3.8, 4) is 0 Å². The molecule has 0 spiro atoms. The highest BCUT2D eigenvalue weighted by molar-refractivity contribution is 5.93. The summed E-state index contributed by atoms with van der Waals surface area (Å²) < 4.78 is 0. The number of nitrogens with one attached hydrogen (secondary N) is 1. The monoisotopic (exact) mass is 255 g/mol. The summed E-state index contributed by atoms with van der Waals surface area (Å²) in [4.78, 5) is 19.7. The fraction of sp³-hybridized carbons (Fsp3) is 0.214. The third kappa shape index (κ3) is 2.20. The predicted molar refractivity (Wildman–Crippen MR) is 68.4 cm³/mol. The van der Waals surface area contributed by atoms with E-state index in [0.717, 1.165) is 11.1 Å². The molecule has 1 aromatic carbocycles. The Morgan fingerprint density at radius 2 is 2.00 bits per heavy atom. The number of aliphatic hydroxyl groups is 1. The first-order chi connectivity index (χ1) is 9.25. The molecule has 1 aliphatic carbocycles. The van der Waals surface area contributed by atoms with Crippen LogP contribution in [0, 0.1) is 0 Å². The molecule has 2 atom stereocenters. The second-order valence-corrected chi connectivity index (χ2v) is 4.55. The maximum atomic E-state index is 12.1. The van der Waals surface area contributed by atoms with Crippen molar-refractivity contribution in [2.45, 2.75) is 18.6 Å². The van der Waals surface area contributed by atoms with Crippen LogP contribution in [0.1, 0.15) is 27.5 Å². The van der Waals surface area contributed by atoms with Crippen molar-refractivity contribution in [1.82, 2.24) is 15.3 Å². The number of rotatable bonds is 2. The van der Waals surface area contributed by atoms with Gasteiger partial charge in [-0.3, -0.25) is 4.79 Å². The first kappa shape index (κ1) is 11.8. The van der Waals surface area contributed by atoms with Gasteiger partial charge in [0.15, 0.2) is 0 Å². The molecule has 2 aromatic rings. The van der Waals surface area contributed by atoms with Gasteiger partial charge in [-0.25, -0.2) is 9.97 Å². The van der Waals surface area contributed by atoms with Crippen molar-refractivity contribution < 1.29 is 9.90 Å². The molecule has 0 radical (unpaired) electrons. The Bertz CT molecular complexity index is 601. The Kier molecular flexibility index (Phi) is 2.97. The van der Waals surface area contributed by atoms with Gasteiger partial charge >= 0.3 is 0 Å². The summed E-state index contributed by atoms with van der Waals surface area (Å²) >= 11 is 0. The molecular weight excluding hydrogens is 242 g/mol. The highest BCUT2D eigenvalue weighted by atomic mass is 16.3. The lowest BCUT2D eigenvalue weighted by atomic mass is 10.1. The van der Waals surface area contributed by atoms with Gasteiger partial charge in [0, 0.05) is 18.8 Å². The van der Waals surface area contributed by atoms with Gasteiger partial charge in [0.2, 0.25) is 0 Å². The van der Waals surface area contributed by atoms with Crippen LogP contribution in [0.4, 0.5) is 0 Å². The van der Waals surface area contributed by atoms with E-state index in [-0.39, 0.29) is 11.9 Å². The van der Waals surface area contributed by atoms with Crippen LogP contribution in [0.15, 0.2) is 43.0 Å². The van der Waals surface area contributed by atoms with E-state index in [9.17, 15) is 9.90 Å². The van der Waals surface area contributed by atoms with E-state index >= 15 is 0 Å². The number of hydrogen-bond donors (Lipinski definition) is 2. The van der Waals surface area contributed by atoms with Gasteiger partial charge in [-0.2, -0.15) is 0 Å². The summed E-state index contributed by atoms with van der Waals surface area (Å²) in [5.74, 6) is -0.277. The lowest BCUT2D eigenvalue weighted by Gasteiger charge is -2.17. The van der Waals surface area contributed by atoms with Crippen LogP contribution in [0.2, 0.25) is 0 Å². The predicted octanol–water partition coefficient (Wildman–Crippen LogP) is 0.865. The van der Waals surface area contributed by atoms with E-state index in [1.54, 1.807) is 0 Å². The Hall–Kier alpha value is -2.27. The van der Waals surface area contributed by atoms with E-state index in [4.69, 9.17) is 0 Å². The molecular formula is C14H13N3O2. The zero-order valence-electron chi connectivity index (χ0n) is 10.2. The van der Waals surface area contributed by atoms with Gasteiger partial charge in [0.1, 0.15) is 6.33 Å². The van der Waals surface area contributed by atoms with Gasteiger partial charge in [0.05, 0.1) is 17.7 Å². The van der Waals surface area contributed by atoms with Crippen molar-refractivity contribution in [3.63, 3.8) is 0 Å². The molecule has 5 nitrogen and oxygen atoms in total. The second-order valence-electron chi connectivity index (χ2n) is 4.55. The number of carbonyl (C=O) groups is 1. The van der Waals surface area contributed by atoms with Crippen LogP contribution in [0.3, 0.4) is 0 Å². The number of benzene rings is 1. The lowest BCUT2D eigenvalue weighted by molar-refractivity contribution is 0.0857. The quantitative estimate of drug-likeness (QED) is 0.834. The molecule has 0 unspecified atom stereocenters. The zero-order chi connectivity index (χ0) is 13.2. The Morgan fingerprint density at radius 1 is 1.26 bits per heavy atom. The van der Waals surface area contributed by atoms with Crippen LogP contribution in [-0.2, 0) is 6.42 Å². The lowest BCUT2D eigenvalue weighted by Crippen LogP contribution is -2.33. The maximum absolute atomic E-state index is 12.1. The molecule has 0 aliphatic heterocycles. The van der Waals surface area contributed by atoms with Crippen molar-refractivity contribution >= 4 is 5.91 Å². The Labute approximate surface area is 110 Å².